The molecule has 0 saturated heterocycles. The zero-order chi connectivity index (χ0) is 19.7. The van der Waals surface area contributed by atoms with Gasteiger partial charge in [-0.25, -0.2) is 0 Å². The van der Waals surface area contributed by atoms with Crippen LogP contribution in [-0.4, -0.2) is 30.6 Å². The minimum Gasteiger partial charge on any atom is -0.458 e. The molecule has 0 radical (unpaired) electrons. The molecular weight excluding hydrogens is 328 g/mol. The maximum absolute atomic E-state index is 12.6. The largest absolute Gasteiger partial charge is 0.458 e. The number of ether oxygens (including phenoxy) is 1. The van der Waals surface area contributed by atoms with Gasteiger partial charge in [0.15, 0.2) is 0 Å². The molecule has 1 amide bonds. The van der Waals surface area contributed by atoms with Crippen molar-refractivity contribution < 1.29 is 14.3 Å². The second kappa shape index (κ2) is 11.4. The summed E-state index contributed by atoms with van der Waals surface area (Å²) in [6.07, 6.45) is 6.00. The van der Waals surface area contributed by atoms with Crippen molar-refractivity contribution in [3.05, 3.63) is 11.1 Å². The summed E-state index contributed by atoms with van der Waals surface area (Å²) in [6.45, 7) is 11.1. The molecule has 0 heterocycles. The van der Waals surface area contributed by atoms with Gasteiger partial charge in [-0.1, -0.05) is 32.8 Å². The maximum atomic E-state index is 12.6. The Hall–Kier alpha value is -1.36. The zero-order valence-corrected chi connectivity index (χ0v) is 17.3. The Balaban J connectivity index is 2.63. The van der Waals surface area contributed by atoms with Gasteiger partial charge in [0.1, 0.15) is 6.10 Å². The van der Waals surface area contributed by atoms with Crippen LogP contribution in [0, 0.1) is 11.8 Å². The van der Waals surface area contributed by atoms with E-state index in [1.54, 1.807) is 0 Å². The van der Waals surface area contributed by atoms with Crippen LogP contribution in [0.5, 0.6) is 0 Å². The topological polar surface area (TPSA) is 81.4 Å². The fraction of sp³-hybridized carbons (Fsp3) is 0.810. The predicted octanol–water partition coefficient (Wildman–Crippen LogP) is 3.71. The van der Waals surface area contributed by atoms with Crippen molar-refractivity contribution in [2.45, 2.75) is 91.7 Å². The standard InChI is InChI=1S/C21H38N2O3/c1-6-8-16(13-23-18(7-2)21(22)25)12-20(24)26-19-11-15(5)9-10-17(19)14(3)4/h15-16,18-19,23H,6-13H2,1-5H3,(H2,22,25)/t15-,16-,18+,19?/m1/s1. The molecule has 1 aliphatic carbocycles. The number of nitrogens with two attached hydrogens (primary N) is 1. The summed E-state index contributed by atoms with van der Waals surface area (Å²) in [5.74, 6) is 0.284. The molecular formula is C21H38N2O3. The highest BCUT2D eigenvalue weighted by molar-refractivity contribution is 5.79. The van der Waals surface area contributed by atoms with Crippen molar-refractivity contribution in [2.75, 3.05) is 6.54 Å². The third-order valence-electron chi connectivity index (χ3n) is 5.38. The fourth-order valence-electron chi connectivity index (χ4n) is 3.76. The van der Waals surface area contributed by atoms with Gasteiger partial charge in [0.2, 0.25) is 5.91 Å². The number of amides is 1. The molecule has 3 N–H and O–H groups in total. The molecule has 0 aromatic carbocycles. The molecule has 1 unspecified atom stereocenters. The Kier molecular flexibility index (Phi) is 9.92. The fourth-order valence-corrected chi connectivity index (χ4v) is 3.76. The lowest BCUT2D eigenvalue weighted by Gasteiger charge is -2.31. The Bertz CT molecular complexity index is 497. The van der Waals surface area contributed by atoms with Gasteiger partial charge in [0.25, 0.3) is 0 Å². The van der Waals surface area contributed by atoms with Gasteiger partial charge in [0, 0.05) is 6.42 Å². The van der Waals surface area contributed by atoms with E-state index in [1.165, 1.54) is 17.6 Å². The van der Waals surface area contributed by atoms with Crippen LogP contribution < -0.4 is 11.1 Å². The summed E-state index contributed by atoms with van der Waals surface area (Å²) in [4.78, 5) is 23.9. The number of allylic oxidation sites excluding steroid dienone is 1. The number of hydrogen-bond donors (Lipinski definition) is 2. The Labute approximate surface area is 159 Å². The summed E-state index contributed by atoms with van der Waals surface area (Å²) in [5, 5.41) is 3.21. The van der Waals surface area contributed by atoms with Gasteiger partial charge >= 0.3 is 5.97 Å². The van der Waals surface area contributed by atoms with Crippen LogP contribution in [0.2, 0.25) is 0 Å². The van der Waals surface area contributed by atoms with Gasteiger partial charge in [-0.2, -0.15) is 0 Å². The minimum absolute atomic E-state index is 0.0690. The number of carbonyl (C=O) groups excluding carboxylic acids is 2. The smallest absolute Gasteiger partial charge is 0.306 e. The molecule has 0 aromatic heterocycles. The van der Waals surface area contributed by atoms with E-state index in [9.17, 15) is 9.59 Å². The molecule has 5 nitrogen and oxygen atoms in total. The first-order valence-corrected chi connectivity index (χ1v) is 10.2. The second-order valence-electron chi connectivity index (χ2n) is 8.01. The molecule has 1 fully saturated rings. The van der Waals surface area contributed by atoms with Crippen LogP contribution in [0.3, 0.4) is 0 Å². The van der Waals surface area contributed by atoms with E-state index >= 15 is 0 Å². The highest BCUT2D eigenvalue weighted by atomic mass is 16.5. The van der Waals surface area contributed by atoms with E-state index in [0.29, 0.717) is 25.3 Å². The number of carbonyl (C=O) groups is 2. The summed E-state index contributed by atoms with van der Waals surface area (Å²) >= 11 is 0. The lowest BCUT2D eigenvalue weighted by atomic mass is 9.83. The Morgan fingerprint density at radius 3 is 2.54 bits per heavy atom. The first-order chi connectivity index (χ1) is 12.3. The van der Waals surface area contributed by atoms with E-state index in [0.717, 1.165) is 25.7 Å². The van der Waals surface area contributed by atoms with Crippen molar-refractivity contribution >= 4 is 11.9 Å². The van der Waals surface area contributed by atoms with E-state index in [-0.39, 0.29) is 29.9 Å². The van der Waals surface area contributed by atoms with E-state index in [1.807, 2.05) is 6.92 Å². The highest BCUT2D eigenvalue weighted by Crippen LogP contribution is 2.32. The molecule has 26 heavy (non-hydrogen) atoms. The van der Waals surface area contributed by atoms with Crippen LogP contribution in [-0.2, 0) is 14.3 Å². The molecule has 150 valence electrons. The summed E-state index contributed by atoms with van der Waals surface area (Å²) in [6, 6.07) is -0.332. The van der Waals surface area contributed by atoms with Crippen molar-refractivity contribution in [3.63, 3.8) is 0 Å². The molecule has 1 saturated carbocycles. The molecule has 5 heteroatoms. The third-order valence-corrected chi connectivity index (χ3v) is 5.38. The summed E-state index contributed by atoms with van der Waals surface area (Å²) in [5.41, 5.74) is 7.96. The van der Waals surface area contributed by atoms with Gasteiger partial charge in [-0.3, -0.25) is 9.59 Å². The number of rotatable bonds is 10. The van der Waals surface area contributed by atoms with E-state index < -0.39 is 0 Å². The zero-order valence-electron chi connectivity index (χ0n) is 17.3. The number of primary amides is 1. The number of esters is 1. The lowest BCUT2D eigenvalue weighted by Crippen LogP contribution is -2.43. The average Bonchev–Trinajstić information content (AvgIpc) is 2.54. The normalized spacial score (nSPS) is 22.6. The summed E-state index contributed by atoms with van der Waals surface area (Å²) < 4.78 is 5.88. The van der Waals surface area contributed by atoms with Gasteiger partial charge in [0.05, 0.1) is 6.04 Å². The lowest BCUT2D eigenvalue weighted by molar-refractivity contribution is -0.149. The highest BCUT2D eigenvalue weighted by Gasteiger charge is 2.28. The van der Waals surface area contributed by atoms with Crippen molar-refractivity contribution in [1.29, 1.82) is 0 Å². The van der Waals surface area contributed by atoms with Crippen LogP contribution in [0.1, 0.15) is 79.6 Å². The second-order valence-corrected chi connectivity index (χ2v) is 8.01. The third kappa shape index (κ3) is 7.48. The molecule has 0 aliphatic heterocycles. The number of hydrogen-bond acceptors (Lipinski definition) is 4. The number of nitrogens with one attached hydrogen (secondary N) is 1. The van der Waals surface area contributed by atoms with Crippen LogP contribution in [0.15, 0.2) is 11.1 Å². The molecule has 1 rings (SSSR count). The maximum Gasteiger partial charge on any atom is 0.306 e. The van der Waals surface area contributed by atoms with Crippen molar-refractivity contribution in [3.8, 4) is 0 Å². The average molecular weight is 367 g/mol. The van der Waals surface area contributed by atoms with Gasteiger partial charge in [-0.15, -0.1) is 0 Å². The van der Waals surface area contributed by atoms with Gasteiger partial charge < -0.3 is 15.8 Å². The Morgan fingerprint density at radius 1 is 1.31 bits per heavy atom. The quantitative estimate of drug-likeness (QED) is 0.456. The van der Waals surface area contributed by atoms with Crippen LogP contribution in [0.25, 0.3) is 0 Å². The van der Waals surface area contributed by atoms with Gasteiger partial charge in [-0.05, 0) is 69.9 Å². The van der Waals surface area contributed by atoms with Crippen LogP contribution in [0.4, 0.5) is 0 Å². The van der Waals surface area contributed by atoms with Crippen molar-refractivity contribution in [2.24, 2.45) is 17.6 Å². The molecule has 1 aliphatic rings. The first-order valence-electron chi connectivity index (χ1n) is 10.2. The van der Waals surface area contributed by atoms with Crippen molar-refractivity contribution in [1.82, 2.24) is 5.32 Å². The van der Waals surface area contributed by atoms with E-state index in [4.69, 9.17) is 10.5 Å². The van der Waals surface area contributed by atoms with E-state index in [2.05, 4.69) is 33.0 Å². The minimum atomic E-state index is -0.338. The molecule has 0 aromatic rings. The molecule has 4 atom stereocenters. The molecule has 0 spiro atoms. The SMILES string of the molecule is CCC[C@@H](CN[C@@H](CC)C(N)=O)CC(=O)OC1C[C@H](C)CCC1=C(C)C. The summed E-state index contributed by atoms with van der Waals surface area (Å²) in [7, 11) is 0. The molecule has 0 bridgehead atoms. The Morgan fingerprint density at radius 2 is 2.00 bits per heavy atom. The first kappa shape index (κ1) is 22.7. The monoisotopic (exact) mass is 366 g/mol. The van der Waals surface area contributed by atoms with Crippen LogP contribution >= 0.6 is 0 Å². The predicted molar refractivity (Wildman–Crippen MR) is 106 cm³/mol.